The summed E-state index contributed by atoms with van der Waals surface area (Å²) in [5.41, 5.74) is 1.58. The minimum Gasteiger partial charge on any atom is -0.339 e. The smallest absolute Gasteiger partial charge is 0.339 e. The van der Waals surface area contributed by atoms with Crippen molar-refractivity contribution in [1.29, 1.82) is 0 Å². The quantitative estimate of drug-likeness (QED) is 0.593. The van der Waals surface area contributed by atoms with Gasteiger partial charge in [-0.1, -0.05) is 0 Å². The molecular formula is C9H8F3N5S. The van der Waals surface area contributed by atoms with Crippen LogP contribution in [0.3, 0.4) is 0 Å². The van der Waals surface area contributed by atoms with Crippen LogP contribution in [-0.2, 0) is 6.18 Å². The van der Waals surface area contributed by atoms with Crippen LogP contribution in [-0.4, -0.2) is 9.97 Å². The molecule has 0 fully saturated rings. The van der Waals surface area contributed by atoms with E-state index < -0.39 is 11.9 Å². The fraction of sp³-hybridized carbons (Fsp3) is 0.111. The molecule has 5 nitrogen and oxygen atoms in total. The zero-order valence-corrected chi connectivity index (χ0v) is 9.64. The van der Waals surface area contributed by atoms with Crippen LogP contribution in [0, 0.1) is 0 Å². The Kier molecular flexibility index (Phi) is 3.34. The Hall–Kier alpha value is -1.87. The molecule has 0 aliphatic carbocycles. The highest BCUT2D eigenvalue weighted by atomic mass is 32.1. The van der Waals surface area contributed by atoms with Crippen molar-refractivity contribution in [3.05, 3.63) is 28.6 Å². The van der Waals surface area contributed by atoms with Crippen LogP contribution in [0.2, 0.25) is 0 Å². The predicted octanol–water partition coefficient (Wildman–Crippen LogP) is 2.59. The van der Waals surface area contributed by atoms with E-state index in [1.165, 1.54) is 11.3 Å². The number of halogens is 3. The number of aromatic nitrogens is 2. The van der Waals surface area contributed by atoms with Gasteiger partial charge in [-0.15, -0.1) is 0 Å². The van der Waals surface area contributed by atoms with E-state index in [9.17, 15) is 13.2 Å². The molecule has 0 aromatic carbocycles. The molecule has 0 spiro atoms. The average molecular weight is 275 g/mol. The van der Waals surface area contributed by atoms with Crippen molar-refractivity contribution in [1.82, 2.24) is 9.97 Å². The summed E-state index contributed by atoms with van der Waals surface area (Å²) in [5, 5.41) is 6.26. The lowest BCUT2D eigenvalue weighted by Crippen LogP contribution is -2.16. The molecule has 4 N–H and O–H groups in total. The molecule has 2 heterocycles. The van der Waals surface area contributed by atoms with Crippen LogP contribution in [0.4, 0.5) is 30.6 Å². The van der Waals surface area contributed by atoms with E-state index in [4.69, 9.17) is 5.84 Å². The summed E-state index contributed by atoms with van der Waals surface area (Å²) in [6, 6.07) is 2.54. The van der Waals surface area contributed by atoms with E-state index in [1.54, 1.807) is 16.8 Å². The predicted molar refractivity (Wildman–Crippen MR) is 62.4 cm³/mol. The van der Waals surface area contributed by atoms with E-state index in [1.807, 2.05) is 5.43 Å². The van der Waals surface area contributed by atoms with Crippen molar-refractivity contribution >= 4 is 28.8 Å². The summed E-state index contributed by atoms with van der Waals surface area (Å²) in [6.07, 6.45) is -4.56. The third kappa shape index (κ3) is 2.87. The first-order chi connectivity index (χ1) is 8.49. The lowest BCUT2D eigenvalue weighted by Gasteiger charge is -2.10. The summed E-state index contributed by atoms with van der Waals surface area (Å²) in [7, 11) is 0. The van der Waals surface area contributed by atoms with E-state index in [2.05, 4.69) is 15.3 Å². The van der Waals surface area contributed by atoms with Crippen molar-refractivity contribution < 1.29 is 13.2 Å². The van der Waals surface area contributed by atoms with Crippen LogP contribution in [0.1, 0.15) is 5.69 Å². The molecule has 0 aliphatic rings. The number of nitrogens with zero attached hydrogens (tertiary/aromatic N) is 2. The minimum atomic E-state index is -4.56. The Labute approximate surface area is 104 Å². The number of hydrogen-bond acceptors (Lipinski definition) is 6. The number of thiophene rings is 1. The van der Waals surface area contributed by atoms with Crippen molar-refractivity contribution in [3.63, 3.8) is 0 Å². The number of nitrogens with one attached hydrogen (secondary N) is 2. The number of anilines is 3. The Morgan fingerprint density at radius 2 is 2.06 bits per heavy atom. The Morgan fingerprint density at radius 1 is 1.28 bits per heavy atom. The highest BCUT2D eigenvalue weighted by molar-refractivity contribution is 7.08. The van der Waals surface area contributed by atoms with Crippen molar-refractivity contribution in [2.45, 2.75) is 6.18 Å². The van der Waals surface area contributed by atoms with Gasteiger partial charge in [-0.3, -0.25) is 5.43 Å². The molecule has 2 aromatic rings. The van der Waals surface area contributed by atoms with Crippen LogP contribution in [0.25, 0.3) is 0 Å². The molecule has 0 aliphatic heterocycles. The van der Waals surface area contributed by atoms with Gasteiger partial charge in [-0.25, -0.2) is 10.8 Å². The molecule has 96 valence electrons. The molecule has 18 heavy (non-hydrogen) atoms. The number of hydrazine groups is 1. The Bertz CT molecular complexity index is 525. The lowest BCUT2D eigenvalue weighted by atomic mass is 10.3. The highest BCUT2D eigenvalue weighted by Gasteiger charge is 2.33. The summed E-state index contributed by atoms with van der Waals surface area (Å²) < 4.78 is 37.7. The van der Waals surface area contributed by atoms with Gasteiger partial charge in [0, 0.05) is 11.4 Å². The molecular weight excluding hydrogens is 267 g/mol. The zero-order valence-electron chi connectivity index (χ0n) is 8.82. The topological polar surface area (TPSA) is 75.9 Å². The van der Waals surface area contributed by atoms with E-state index >= 15 is 0 Å². The second-order valence-corrected chi connectivity index (χ2v) is 4.02. The van der Waals surface area contributed by atoms with Gasteiger partial charge in [0.05, 0.1) is 5.69 Å². The van der Waals surface area contributed by atoms with Gasteiger partial charge in [-0.2, -0.15) is 29.5 Å². The number of rotatable bonds is 3. The van der Waals surface area contributed by atoms with Crippen LogP contribution >= 0.6 is 11.3 Å². The SMILES string of the molecule is NNc1nc(Nc2ccsc2)cc(C(F)(F)F)n1. The van der Waals surface area contributed by atoms with Gasteiger partial charge in [0.1, 0.15) is 5.82 Å². The normalized spacial score (nSPS) is 11.3. The van der Waals surface area contributed by atoms with Gasteiger partial charge in [-0.05, 0) is 11.4 Å². The second kappa shape index (κ2) is 4.78. The Morgan fingerprint density at radius 3 is 2.61 bits per heavy atom. The second-order valence-electron chi connectivity index (χ2n) is 3.24. The summed E-state index contributed by atoms with van der Waals surface area (Å²) in [5.74, 6) is 4.75. The molecule has 9 heteroatoms. The molecule has 0 bridgehead atoms. The number of nitrogen functional groups attached to an aromatic ring is 1. The summed E-state index contributed by atoms with van der Waals surface area (Å²) in [4.78, 5) is 7.03. The van der Waals surface area contributed by atoms with E-state index in [0.717, 1.165) is 6.07 Å². The number of hydrogen-bond donors (Lipinski definition) is 3. The molecule has 0 saturated heterocycles. The van der Waals surface area contributed by atoms with Crippen molar-refractivity contribution in [2.24, 2.45) is 5.84 Å². The monoisotopic (exact) mass is 275 g/mol. The maximum Gasteiger partial charge on any atom is 0.433 e. The van der Waals surface area contributed by atoms with E-state index in [-0.39, 0.29) is 11.8 Å². The molecule has 2 aromatic heterocycles. The maximum atomic E-state index is 12.6. The number of alkyl halides is 3. The minimum absolute atomic E-state index is 0.0173. The maximum absolute atomic E-state index is 12.6. The highest BCUT2D eigenvalue weighted by Crippen LogP contribution is 2.30. The van der Waals surface area contributed by atoms with Gasteiger partial charge in [0.2, 0.25) is 5.95 Å². The first-order valence-corrected chi connectivity index (χ1v) is 5.65. The average Bonchev–Trinajstić information content (AvgIpc) is 2.80. The van der Waals surface area contributed by atoms with Crippen LogP contribution in [0.15, 0.2) is 22.9 Å². The standard InChI is InChI=1S/C9H8F3N5S/c10-9(11,12)6-3-7(16-8(15-6)17-13)14-5-1-2-18-4-5/h1-4H,13H2,(H2,14,15,16,17). The Balaban J connectivity index is 2.35. The molecule has 0 atom stereocenters. The van der Waals surface area contributed by atoms with E-state index in [0.29, 0.717) is 5.69 Å². The first kappa shape index (κ1) is 12.6. The molecule has 2 rings (SSSR count). The largest absolute Gasteiger partial charge is 0.433 e. The first-order valence-electron chi connectivity index (χ1n) is 4.71. The molecule has 0 radical (unpaired) electrons. The third-order valence-electron chi connectivity index (χ3n) is 1.94. The molecule has 0 unspecified atom stereocenters. The van der Waals surface area contributed by atoms with Crippen LogP contribution in [0.5, 0.6) is 0 Å². The number of nitrogens with two attached hydrogens (primary N) is 1. The van der Waals surface area contributed by atoms with Gasteiger partial charge >= 0.3 is 6.18 Å². The van der Waals surface area contributed by atoms with Gasteiger partial charge < -0.3 is 5.32 Å². The van der Waals surface area contributed by atoms with Crippen LogP contribution < -0.4 is 16.6 Å². The van der Waals surface area contributed by atoms with Crippen molar-refractivity contribution in [2.75, 3.05) is 10.7 Å². The molecule has 0 saturated carbocycles. The molecule has 0 amide bonds. The van der Waals surface area contributed by atoms with Crippen molar-refractivity contribution in [3.8, 4) is 0 Å². The van der Waals surface area contributed by atoms with Gasteiger partial charge in [0.15, 0.2) is 5.69 Å². The third-order valence-corrected chi connectivity index (χ3v) is 2.62. The fourth-order valence-corrected chi connectivity index (χ4v) is 1.79. The lowest BCUT2D eigenvalue weighted by molar-refractivity contribution is -0.141. The fourth-order valence-electron chi connectivity index (χ4n) is 1.20. The summed E-state index contributed by atoms with van der Waals surface area (Å²) >= 11 is 1.41. The zero-order chi connectivity index (χ0) is 13.2. The van der Waals surface area contributed by atoms with Gasteiger partial charge in [0.25, 0.3) is 0 Å². The summed E-state index contributed by atoms with van der Waals surface area (Å²) in [6.45, 7) is 0.